The maximum absolute atomic E-state index is 13.6. The van der Waals surface area contributed by atoms with Gasteiger partial charge in [0.1, 0.15) is 42.3 Å². The predicted molar refractivity (Wildman–Crippen MR) is 213 cm³/mol. The molecule has 0 aromatic carbocycles. The fraction of sp³-hybridized carbons (Fsp3) is 0.657. The number of carbonyl (C=O) groups is 11. The number of nitrogens with zero attached hydrogens (tertiary/aromatic N) is 2. The maximum Gasteiger partial charge on any atom is 0.325 e. The summed E-state index contributed by atoms with van der Waals surface area (Å²) in [5.41, 5.74) is 21.3. The van der Waals surface area contributed by atoms with Crippen molar-refractivity contribution in [2.75, 3.05) is 26.2 Å². The summed E-state index contributed by atoms with van der Waals surface area (Å²) in [4.78, 5) is 144. The number of carbonyl (C=O) groups excluding carboxylic acids is 9. The molecule has 1 saturated heterocycles. The van der Waals surface area contributed by atoms with Gasteiger partial charge in [0.25, 0.3) is 0 Å². The molecule has 0 unspecified atom stereocenters. The number of hydrogen-bond acceptors (Lipinski definition) is 13. The first-order valence-electron chi connectivity index (χ1n) is 19.4. The van der Waals surface area contributed by atoms with Gasteiger partial charge in [0, 0.05) is 19.5 Å². The molecular formula is C35H59N13O13. The van der Waals surface area contributed by atoms with E-state index in [4.69, 9.17) is 22.9 Å². The molecule has 1 heterocycles. The van der Waals surface area contributed by atoms with Gasteiger partial charge in [-0.2, -0.15) is 0 Å². The first-order valence-corrected chi connectivity index (χ1v) is 19.4. The monoisotopic (exact) mass is 869 g/mol. The zero-order valence-corrected chi connectivity index (χ0v) is 34.5. The third kappa shape index (κ3) is 18.9. The summed E-state index contributed by atoms with van der Waals surface area (Å²) in [6.45, 7) is 4.77. The standard InChI is InChI=1S/C35H59N13O13/c1-16(2)27(32(58)46-20(9-10-26(52)53)29(55)45-19(7-5-11-40-35(38)39)28(54)43-18(4)34(60)61)47-30(56)21(13-23(37)49)44-25(51)15-41-31(57)22-8-6-12-48(22)33(59)17(3)42-24(50)14-36/h16-22,27H,5-15,36H2,1-4H3,(H2,37,49)(H,41,57)(H,42,50)(H,43,54)(H,44,51)(H,45,55)(H,46,58)(H,47,56)(H,52,53)(H,60,61)(H4,38,39,40)/t17-,18-,19-,20-,21-,22-,27-/m0/s1. The van der Waals surface area contributed by atoms with Gasteiger partial charge in [-0.3, -0.25) is 57.7 Å². The molecule has 0 radical (unpaired) electrons. The second-order valence-corrected chi connectivity index (χ2v) is 14.5. The summed E-state index contributed by atoms with van der Waals surface area (Å²) >= 11 is 0. The molecule has 1 rings (SSSR count). The molecular weight excluding hydrogens is 810 g/mol. The Morgan fingerprint density at radius 2 is 1.31 bits per heavy atom. The summed E-state index contributed by atoms with van der Waals surface area (Å²) in [6.07, 6.45) is -1.18. The number of nitrogens with two attached hydrogens (primary N) is 4. The minimum Gasteiger partial charge on any atom is -0.481 e. The third-order valence-corrected chi connectivity index (χ3v) is 9.09. The van der Waals surface area contributed by atoms with Gasteiger partial charge in [0.2, 0.25) is 53.2 Å². The second kappa shape index (κ2) is 25.8. The number of aliphatic imine (C=N–C) groups is 1. The van der Waals surface area contributed by atoms with Crippen LogP contribution in [0.25, 0.3) is 0 Å². The fourth-order valence-corrected chi connectivity index (χ4v) is 5.86. The minimum atomic E-state index is -1.68. The summed E-state index contributed by atoms with van der Waals surface area (Å²) < 4.78 is 0. The lowest BCUT2D eigenvalue weighted by atomic mass is 10.0. The number of hydrogen-bond donors (Lipinski definition) is 13. The average molecular weight is 870 g/mol. The molecule has 1 aliphatic rings. The highest BCUT2D eigenvalue weighted by atomic mass is 16.4. The van der Waals surface area contributed by atoms with E-state index >= 15 is 0 Å². The first-order chi connectivity index (χ1) is 28.5. The second-order valence-electron chi connectivity index (χ2n) is 14.5. The lowest BCUT2D eigenvalue weighted by molar-refractivity contribution is -0.142. The van der Waals surface area contributed by atoms with E-state index in [1.54, 1.807) is 0 Å². The maximum atomic E-state index is 13.6. The number of nitrogens with one attached hydrogen (secondary N) is 7. The Morgan fingerprint density at radius 3 is 1.87 bits per heavy atom. The van der Waals surface area contributed by atoms with Crippen molar-refractivity contribution in [2.45, 2.75) is 115 Å². The van der Waals surface area contributed by atoms with Crippen LogP contribution in [0.1, 0.15) is 72.6 Å². The van der Waals surface area contributed by atoms with Crippen LogP contribution in [-0.2, 0) is 52.7 Å². The van der Waals surface area contributed by atoms with Crippen LogP contribution in [0.2, 0.25) is 0 Å². The van der Waals surface area contributed by atoms with Crippen LogP contribution in [0.3, 0.4) is 0 Å². The number of amides is 9. The number of carboxylic acid groups (broad SMARTS) is 2. The number of aliphatic carboxylic acids is 2. The molecule has 17 N–H and O–H groups in total. The molecule has 0 aromatic heterocycles. The van der Waals surface area contributed by atoms with Crippen molar-refractivity contribution in [3.8, 4) is 0 Å². The molecule has 0 aliphatic carbocycles. The summed E-state index contributed by atoms with van der Waals surface area (Å²) in [7, 11) is 0. The van der Waals surface area contributed by atoms with Crippen molar-refractivity contribution in [2.24, 2.45) is 33.8 Å². The summed E-state index contributed by atoms with van der Waals surface area (Å²) in [5, 5.41) is 35.0. The largest absolute Gasteiger partial charge is 0.481 e. The molecule has 0 bridgehead atoms. The van der Waals surface area contributed by atoms with Gasteiger partial charge in [0.15, 0.2) is 5.96 Å². The van der Waals surface area contributed by atoms with Gasteiger partial charge >= 0.3 is 11.9 Å². The number of likely N-dealkylation sites (tertiary alicyclic amines) is 1. The Kier molecular flexibility index (Phi) is 22.2. The fourth-order valence-electron chi connectivity index (χ4n) is 5.86. The smallest absolute Gasteiger partial charge is 0.325 e. The van der Waals surface area contributed by atoms with Crippen molar-refractivity contribution >= 4 is 71.1 Å². The van der Waals surface area contributed by atoms with Gasteiger partial charge in [-0.15, -0.1) is 0 Å². The zero-order valence-electron chi connectivity index (χ0n) is 34.5. The van der Waals surface area contributed by atoms with E-state index in [1.165, 1.54) is 32.6 Å². The summed E-state index contributed by atoms with van der Waals surface area (Å²) in [5.74, 6) is -11.6. The molecule has 342 valence electrons. The predicted octanol–water partition coefficient (Wildman–Crippen LogP) is -6.46. The van der Waals surface area contributed by atoms with E-state index in [9.17, 15) is 63.0 Å². The highest BCUT2D eigenvalue weighted by molar-refractivity contribution is 5.98. The van der Waals surface area contributed by atoms with Crippen LogP contribution in [0.4, 0.5) is 0 Å². The van der Waals surface area contributed by atoms with Crippen LogP contribution >= 0.6 is 0 Å². The Labute approximate surface area is 350 Å². The van der Waals surface area contributed by atoms with E-state index in [0.29, 0.717) is 6.42 Å². The molecule has 9 amide bonds. The Morgan fingerprint density at radius 1 is 0.721 bits per heavy atom. The molecule has 7 atom stereocenters. The highest BCUT2D eigenvalue weighted by Gasteiger charge is 2.37. The lowest BCUT2D eigenvalue weighted by Gasteiger charge is -2.28. The Balaban J connectivity index is 3.14. The van der Waals surface area contributed by atoms with Crippen molar-refractivity contribution < 1.29 is 63.0 Å². The number of primary amides is 1. The van der Waals surface area contributed by atoms with Gasteiger partial charge < -0.3 is 75.3 Å². The molecule has 0 saturated carbocycles. The molecule has 61 heavy (non-hydrogen) atoms. The topological polar surface area (TPSA) is 432 Å². The lowest BCUT2D eigenvalue weighted by Crippen LogP contribution is -2.60. The number of rotatable bonds is 26. The molecule has 0 spiro atoms. The van der Waals surface area contributed by atoms with E-state index in [1.807, 2.05) is 0 Å². The van der Waals surface area contributed by atoms with E-state index in [2.05, 4.69) is 42.2 Å². The third-order valence-electron chi connectivity index (χ3n) is 9.09. The van der Waals surface area contributed by atoms with Crippen LogP contribution in [0.15, 0.2) is 4.99 Å². The molecule has 1 fully saturated rings. The first kappa shape index (κ1) is 52.4. The van der Waals surface area contributed by atoms with Crippen molar-refractivity contribution in [3.63, 3.8) is 0 Å². The zero-order chi connectivity index (χ0) is 46.6. The SMILES string of the molecule is CC(C)[C@H](NC(=O)[C@H](CC(N)=O)NC(=O)CNC(=O)[C@@H]1CCCN1C(=O)[C@H](C)NC(=O)CN)C(=O)N[C@@H](CCC(=O)O)C(=O)N[C@@H](CCCN=C(N)N)C(=O)N[C@@H](C)C(=O)O. The van der Waals surface area contributed by atoms with Crippen LogP contribution < -0.4 is 60.2 Å². The van der Waals surface area contributed by atoms with Gasteiger partial charge in [-0.1, -0.05) is 13.8 Å². The van der Waals surface area contributed by atoms with Crippen molar-refractivity contribution in [3.05, 3.63) is 0 Å². The van der Waals surface area contributed by atoms with Gasteiger partial charge in [-0.25, -0.2) is 0 Å². The molecule has 1 aliphatic heterocycles. The minimum absolute atomic E-state index is 0.0250. The van der Waals surface area contributed by atoms with Crippen molar-refractivity contribution in [1.29, 1.82) is 0 Å². The Hall–Kier alpha value is -6.60. The number of guanidine groups is 1. The van der Waals surface area contributed by atoms with E-state index < -0.39 is 139 Å². The summed E-state index contributed by atoms with van der Waals surface area (Å²) in [6, 6.07) is -9.48. The van der Waals surface area contributed by atoms with Gasteiger partial charge in [0.05, 0.1) is 19.5 Å². The van der Waals surface area contributed by atoms with E-state index in [0.717, 1.165) is 0 Å². The molecule has 26 nitrogen and oxygen atoms in total. The number of carboxylic acids is 2. The van der Waals surface area contributed by atoms with Crippen molar-refractivity contribution in [1.82, 2.24) is 42.1 Å². The molecule has 0 aromatic rings. The van der Waals surface area contributed by atoms with Gasteiger partial charge in [-0.05, 0) is 51.9 Å². The average Bonchev–Trinajstić information content (AvgIpc) is 3.67. The normalized spacial score (nSPS) is 16.2. The highest BCUT2D eigenvalue weighted by Crippen LogP contribution is 2.18. The quantitative estimate of drug-likeness (QED) is 0.0218. The molecule has 26 heteroatoms. The van der Waals surface area contributed by atoms with Crippen LogP contribution in [0, 0.1) is 5.92 Å². The van der Waals surface area contributed by atoms with Crippen LogP contribution in [0.5, 0.6) is 0 Å². The Bertz CT molecular complexity index is 1670. The van der Waals surface area contributed by atoms with E-state index in [-0.39, 0.29) is 44.9 Å². The van der Waals surface area contributed by atoms with Crippen LogP contribution in [-0.4, -0.2) is 155 Å².